The van der Waals surface area contributed by atoms with Crippen molar-refractivity contribution in [1.29, 1.82) is 0 Å². The molecule has 0 bridgehead atoms. The van der Waals surface area contributed by atoms with Crippen molar-refractivity contribution in [3.63, 3.8) is 0 Å². The Morgan fingerprint density at radius 3 is 1.07 bits per heavy atom. The molecule has 54 heavy (non-hydrogen) atoms. The van der Waals surface area contributed by atoms with Crippen LogP contribution in [0.1, 0.15) is 48.4 Å². The van der Waals surface area contributed by atoms with Crippen molar-refractivity contribution in [1.82, 2.24) is 5.32 Å². The van der Waals surface area contributed by atoms with Crippen LogP contribution in [-0.4, -0.2) is 111 Å². The normalized spacial score (nSPS) is 12.4. The molecule has 0 aliphatic carbocycles. The molecular formula is C29H34I6N5NaO13. The Balaban J connectivity index is 0. The first-order valence-corrected chi connectivity index (χ1v) is 20.8. The molecule has 2 aromatic carbocycles. The van der Waals surface area contributed by atoms with E-state index in [0.717, 1.165) is 0 Å². The largest absolute Gasteiger partial charge is 1.00 e. The molecule has 0 aliphatic heterocycles. The number of likely N-dealkylation sites (N-methyl/N-ethyl adjacent to an activating group) is 1. The third-order valence-corrected chi connectivity index (χ3v) is 12.5. The third-order valence-electron chi connectivity index (χ3n) is 5.99. The second-order valence-electron chi connectivity index (χ2n) is 10.3. The molecule has 0 radical (unpaired) electrons. The molecule has 2 aromatic rings. The topological polar surface area (TPSA) is 307 Å². The van der Waals surface area contributed by atoms with Gasteiger partial charge in [-0.15, -0.1) is 0 Å². The van der Waals surface area contributed by atoms with Crippen LogP contribution in [0.25, 0.3) is 0 Å². The van der Waals surface area contributed by atoms with Crippen LogP contribution in [0.3, 0.4) is 0 Å². The van der Waals surface area contributed by atoms with E-state index in [-0.39, 0.29) is 70.9 Å². The predicted octanol–water partition coefficient (Wildman–Crippen LogP) is -1.46. The molecule has 296 valence electrons. The number of anilines is 4. The van der Waals surface area contributed by atoms with Gasteiger partial charge < -0.3 is 67.1 Å². The molecule has 0 aliphatic rings. The van der Waals surface area contributed by atoms with E-state index in [4.69, 9.17) is 20.4 Å². The van der Waals surface area contributed by atoms with Crippen LogP contribution in [0.2, 0.25) is 0 Å². The minimum absolute atomic E-state index is 0. The van der Waals surface area contributed by atoms with E-state index >= 15 is 0 Å². The smallest absolute Gasteiger partial charge is 0.545 e. The van der Waals surface area contributed by atoms with E-state index in [1.165, 1.54) is 27.7 Å². The van der Waals surface area contributed by atoms with Gasteiger partial charge in [0.05, 0.1) is 61.3 Å². The number of aliphatic hydroxyl groups is 5. The van der Waals surface area contributed by atoms with Gasteiger partial charge in [0.1, 0.15) is 18.3 Å². The van der Waals surface area contributed by atoms with Crippen LogP contribution < -0.4 is 61.2 Å². The number of benzene rings is 2. The van der Waals surface area contributed by atoms with E-state index in [1.807, 2.05) is 136 Å². The summed E-state index contributed by atoms with van der Waals surface area (Å²) < 4.78 is 2.72. The number of halogens is 6. The predicted molar refractivity (Wildman–Crippen MR) is 243 cm³/mol. The number of amides is 4. The molecule has 4 amide bonds. The van der Waals surface area contributed by atoms with E-state index < -0.39 is 43.0 Å². The number of aromatic carboxylic acids is 2. The van der Waals surface area contributed by atoms with Gasteiger partial charge in [0.2, 0.25) is 23.6 Å². The van der Waals surface area contributed by atoms with Gasteiger partial charge >= 0.3 is 35.5 Å². The molecule has 25 heteroatoms. The van der Waals surface area contributed by atoms with Crippen LogP contribution in [-0.2, 0) is 19.2 Å². The number of hydrogen-bond donors (Lipinski definition) is 11. The Hall–Kier alpha value is 0.400. The van der Waals surface area contributed by atoms with Crippen LogP contribution in [0.4, 0.5) is 22.7 Å². The van der Waals surface area contributed by atoms with Crippen molar-refractivity contribution in [3.8, 4) is 0 Å². The number of carboxylic acids is 2. The zero-order chi connectivity index (χ0) is 41.7. The SMILES string of the molecule is CC(=O)Nc1c(I)c(NC(C)=O)c(I)c(C(=O)O)c1I.CC(=O)Nc1c(I)c(NC(C)=O)c(I)c(C(=O)[O-])c1I.CNC[C@H](O)[C@@H](O)[C@H](O)[C@H](O)CO.[Na+]. The monoisotopic (exact) mass is 1440 g/mol. The van der Waals surface area contributed by atoms with Gasteiger partial charge in [-0.3, -0.25) is 19.2 Å². The van der Waals surface area contributed by atoms with Gasteiger partial charge in [0.25, 0.3) is 0 Å². The van der Waals surface area contributed by atoms with E-state index in [9.17, 15) is 44.1 Å². The number of carbonyl (C=O) groups excluding carboxylic acids is 5. The average Bonchev–Trinajstić information content (AvgIpc) is 3.04. The number of hydrogen-bond acceptors (Lipinski definition) is 13. The Kier molecular flexibility index (Phi) is 28.5. The first kappa shape index (κ1) is 56.5. The summed E-state index contributed by atoms with van der Waals surface area (Å²) in [6.45, 7) is 4.74. The second kappa shape index (κ2) is 27.2. The summed E-state index contributed by atoms with van der Waals surface area (Å²) in [6.07, 6.45) is -5.65. The minimum Gasteiger partial charge on any atom is -0.545 e. The molecular weight excluding hydrogens is 1410 g/mol. The molecule has 11 N–H and O–H groups in total. The maximum atomic E-state index is 11.4. The summed E-state index contributed by atoms with van der Waals surface area (Å²) >= 11 is 11.3. The number of rotatable bonds is 12. The summed E-state index contributed by atoms with van der Waals surface area (Å²) in [5, 5.41) is 78.4. The summed E-state index contributed by atoms with van der Waals surface area (Å²) in [5.41, 5.74) is 1.47. The van der Waals surface area contributed by atoms with Gasteiger partial charge in [-0.05, 0) is 143 Å². The van der Waals surface area contributed by atoms with Gasteiger partial charge in [-0.25, -0.2) is 4.79 Å². The zero-order valence-electron chi connectivity index (χ0n) is 29.0. The van der Waals surface area contributed by atoms with Crippen molar-refractivity contribution in [2.24, 2.45) is 0 Å². The molecule has 0 heterocycles. The van der Waals surface area contributed by atoms with Crippen LogP contribution >= 0.6 is 136 Å². The molecule has 4 atom stereocenters. The van der Waals surface area contributed by atoms with Crippen LogP contribution in [0, 0.1) is 21.4 Å². The molecule has 0 saturated heterocycles. The van der Waals surface area contributed by atoms with Crippen molar-refractivity contribution in [2.45, 2.75) is 52.1 Å². The van der Waals surface area contributed by atoms with Crippen molar-refractivity contribution < 1.29 is 94.1 Å². The quantitative estimate of drug-likeness (QED) is 0.0856. The fraction of sp³-hybridized carbons (Fsp3) is 0.379. The van der Waals surface area contributed by atoms with E-state index in [2.05, 4.69) is 26.6 Å². The fourth-order valence-corrected chi connectivity index (χ4v) is 12.0. The summed E-state index contributed by atoms with van der Waals surface area (Å²) in [6, 6.07) is 0. The first-order chi connectivity index (χ1) is 24.4. The van der Waals surface area contributed by atoms with Crippen molar-refractivity contribution in [3.05, 3.63) is 32.5 Å². The van der Waals surface area contributed by atoms with E-state index in [0.29, 0.717) is 44.2 Å². The standard InChI is InChI=1S/2C11H9I3N2O4.C7H17NO5.Na/c2*1-3(17)15-9-6(12)5(11(19)20)7(13)10(8(9)14)16-4(2)18;1-8-2-4(10)6(12)7(13)5(11)3-9;/h2*1-2H3,(H,15,17)(H,16,18)(H,19,20);4-13H,2-3H2,1H3;/q;;;+1/p-1/t;;4-,5+,6+,7+;/m..0./s1. The van der Waals surface area contributed by atoms with Gasteiger partial charge in [-0.2, -0.15) is 0 Å². The molecule has 0 spiro atoms. The van der Waals surface area contributed by atoms with Crippen molar-refractivity contribution >= 4 is 194 Å². The number of nitrogens with one attached hydrogen (secondary N) is 5. The van der Waals surface area contributed by atoms with Gasteiger partial charge in [0.15, 0.2) is 0 Å². The molecule has 0 unspecified atom stereocenters. The fourth-order valence-electron chi connectivity index (χ4n) is 3.73. The van der Waals surface area contributed by atoms with Gasteiger partial charge in [-0.1, -0.05) is 0 Å². The average molecular weight is 1450 g/mol. The van der Waals surface area contributed by atoms with Crippen LogP contribution in [0.15, 0.2) is 0 Å². The number of carboxylic acid groups (broad SMARTS) is 2. The van der Waals surface area contributed by atoms with Crippen LogP contribution in [0.5, 0.6) is 0 Å². The molecule has 0 fully saturated rings. The molecule has 18 nitrogen and oxygen atoms in total. The minimum atomic E-state index is -1.55. The Morgan fingerprint density at radius 2 is 0.852 bits per heavy atom. The Labute approximate surface area is 413 Å². The summed E-state index contributed by atoms with van der Waals surface area (Å²) in [4.78, 5) is 67.7. The number of carbonyl (C=O) groups is 6. The van der Waals surface area contributed by atoms with Crippen molar-refractivity contribution in [2.75, 3.05) is 41.5 Å². The maximum absolute atomic E-state index is 11.4. The molecule has 0 aromatic heterocycles. The summed E-state index contributed by atoms with van der Waals surface area (Å²) in [7, 11) is 1.57. The Morgan fingerprint density at radius 1 is 0.574 bits per heavy atom. The Bertz CT molecular complexity index is 1530. The third kappa shape index (κ3) is 17.3. The summed E-state index contributed by atoms with van der Waals surface area (Å²) in [5.74, 6) is -3.78. The number of aliphatic hydroxyl groups excluding tert-OH is 5. The van der Waals surface area contributed by atoms with E-state index in [1.54, 1.807) is 7.05 Å². The molecule has 2 rings (SSSR count). The zero-order valence-corrected chi connectivity index (χ0v) is 44.0. The first-order valence-electron chi connectivity index (χ1n) is 14.3. The molecule has 0 saturated carbocycles. The maximum Gasteiger partial charge on any atom is 1.00 e. The second-order valence-corrected chi connectivity index (χ2v) is 16.8. The van der Waals surface area contributed by atoms with Gasteiger partial charge in [0, 0.05) is 46.9 Å².